The number of piperidine rings is 1. The summed E-state index contributed by atoms with van der Waals surface area (Å²) in [5.41, 5.74) is 2.00. The number of aromatic nitrogens is 2. The number of hydrogen-bond acceptors (Lipinski definition) is 6. The minimum atomic E-state index is -3.70. The molecule has 3 heterocycles. The van der Waals surface area contributed by atoms with Crippen molar-refractivity contribution in [2.75, 3.05) is 19.7 Å². The number of carbonyl (C=O) groups excluding carboxylic acids is 1. The molecule has 1 saturated heterocycles. The van der Waals surface area contributed by atoms with Gasteiger partial charge in [-0.15, -0.1) is 4.40 Å². The lowest BCUT2D eigenvalue weighted by Gasteiger charge is -2.32. The Hall–Kier alpha value is -3.40. The van der Waals surface area contributed by atoms with Crippen molar-refractivity contribution in [3.63, 3.8) is 0 Å². The number of likely N-dealkylation sites (tertiary alicyclic amines) is 1. The molecule has 0 amide bonds. The van der Waals surface area contributed by atoms with Crippen LogP contribution in [0.4, 0.5) is 0 Å². The molecule has 0 spiro atoms. The molecule has 3 aromatic rings. The molecule has 0 saturated carbocycles. The van der Waals surface area contributed by atoms with Crippen molar-refractivity contribution >= 4 is 32.9 Å². The van der Waals surface area contributed by atoms with Crippen molar-refractivity contribution < 1.29 is 17.9 Å². The Morgan fingerprint density at radius 3 is 2.82 bits per heavy atom. The summed E-state index contributed by atoms with van der Waals surface area (Å²) in [6.07, 6.45) is 1.94. The number of ether oxygens (including phenoxy) is 1. The highest BCUT2D eigenvalue weighted by molar-refractivity contribution is 7.90. The maximum atomic E-state index is 12.7. The molecule has 1 unspecified atom stereocenters. The second-order valence-corrected chi connectivity index (χ2v) is 9.86. The Bertz CT molecular complexity index is 1410. The third-order valence-corrected chi connectivity index (χ3v) is 7.44. The van der Waals surface area contributed by atoms with Crippen LogP contribution in [0, 0.1) is 5.92 Å². The van der Waals surface area contributed by atoms with E-state index in [1.165, 1.54) is 0 Å². The normalized spacial score (nSPS) is 19.3. The minimum Gasteiger partial charge on any atom is -0.465 e. The first kappa shape index (κ1) is 21.4. The zero-order chi connectivity index (χ0) is 23.0. The smallest absolute Gasteiger partial charge is 0.326 e. The van der Waals surface area contributed by atoms with Crippen LogP contribution in [0.3, 0.4) is 0 Å². The molecule has 1 fully saturated rings. The minimum absolute atomic E-state index is 0.182. The summed E-state index contributed by atoms with van der Waals surface area (Å²) < 4.78 is 35.8. The van der Waals surface area contributed by atoms with Crippen molar-refractivity contribution in [2.24, 2.45) is 10.3 Å². The largest absolute Gasteiger partial charge is 0.465 e. The average molecular weight is 469 g/mol. The van der Waals surface area contributed by atoms with Gasteiger partial charge in [0.2, 0.25) is 0 Å². The highest BCUT2D eigenvalue weighted by atomic mass is 32.2. The summed E-state index contributed by atoms with van der Waals surface area (Å²) in [6, 6.07) is 14.2. The van der Waals surface area contributed by atoms with E-state index in [-0.39, 0.29) is 29.1 Å². The quantitative estimate of drug-likeness (QED) is 0.453. The second-order valence-electron chi connectivity index (χ2n) is 8.29. The molecule has 0 radical (unpaired) electrons. The molecule has 2 aromatic carbocycles. The van der Waals surface area contributed by atoms with Gasteiger partial charge in [-0.05, 0) is 43.5 Å². The van der Waals surface area contributed by atoms with Crippen molar-refractivity contribution in [1.82, 2.24) is 14.5 Å². The van der Waals surface area contributed by atoms with E-state index in [0.717, 1.165) is 17.5 Å². The third kappa shape index (κ3) is 4.06. The lowest BCUT2D eigenvalue weighted by Crippen LogP contribution is -2.42. The topological polar surface area (TPSA) is 114 Å². The van der Waals surface area contributed by atoms with E-state index in [4.69, 9.17) is 4.74 Å². The molecule has 1 atom stereocenters. The predicted octanol–water partition coefficient (Wildman–Crippen LogP) is 2.12. The van der Waals surface area contributed by atoms with Gasteiger partial charge in [0.1, 0.15) is 4.90 Å². The Kier molecular flexibility index (Phi) is 5.53. The third-order valence-electron chi connectivity index (χ3n) is 6.12. The molecule has 9 nitrogen and oxygen atoms in total. The number of fused-ring (bicyclic) bond motifs is 2. The Morgan fingerprint density at radius 1 is 1.15 bits per heavy atom. The van der Waals surface area contributed by atoms with Gasteiger partial charge in [-0.2, -0.15) is 8.42 Å². The number of aromatic amines is 1. The number of carbonyl (C=O) groups is 1. The molecule has 172 valence electrons. The van der Waals surface area contributed by atoms with E-state index < -0.39 is 10.0 Å². The highest BCUT2D eigenvalue weighted by Gasteiger charge is 2.35. The van der Waals surface area contributed by atoms with Crippen LogP contribution in [0.15, 0.2) is 62.6 Å². The second kappa shape index (κ2) is 8.51. The molecule has 33 heavy (non-hydrogen) atoms. The molecule has 1 N–H and O–H groups in total. The summed E-state index contributed by atoms with van der Waals surface area (Å²) in [5.74, 6) is -0.254. The molecule has 2 aliphatic rings. The van der Waals surface area contributed by atoms with Crippen LogP contribution in [0.25, 0.3) is 11.0 Å². The first-order chi connectivity index (χ1) is 15.9. The fourth-order valence-electron chi connectivity index (χ4n) is 4.52. The first-order valence-electron chi connectivity index (χ1n) is 11.0. The monoisotopic (exact) mass is 468 g/mol. The van der Waals surface area contributed by atoms with Gasteiger partial charge in [0.25, 0.3) is 10.0 Å². The standard InChI is InChI=1S/C23H24N4O5S/c28-22(32-14-6-13-27-19-10-3-2-9-18(19)24-23(27)29)16-7-5-12-26(15-16)21-17-8-1-4-11-20(17)33(30,31)25-21/h1-4,8-11,16H,5-7,12-15H2,(H,24,29). The van der Waals surface area contributed by atoms with Crippen LogP contribution in [0.1, 0.15) is 24.8 Å². The first-order valence-corrected chi connectivity index (χ1v) is 12.4. The number of nitrogens with one attached hydrogen (secondary N) is 1. The van der Waals surface area contributed by atoms with Crippen molar-refractivity contribution in [1.29, 1.82) is 0 Å². The number of sulfonamides is 1. The predicted molar refractivity (Wildman–Crippen MR) is 123 cm³/mol. The molecular weight excluding hydrogens is 444 g/mol. The van der Waals surface area contributed by atoms with Gasteiger partial charge >= 0.3 is 11.7 Å². The number of nitrogens with zero attached hydrogens (tertiary/aromatic N) is 3. The number of aryl methyl sites for hydroxylation is 1. The van der Waals surface area contributed by atoms with E-state index in [1.807, 2.05) is 29.2 Å². The lowest BCUT2D eigenvalue weighted by molar-refractivity contribution is -0.150. The Balaban J connectivity index is 1.19. The average Bonchev–Trinajstić information content (AvgIpc) is 3.29. The van der Waals surface area contributed by atoms with Gasteiger partial charge in [-0.3, -0.25) is 9.36 Å². The van der Waals surface area contributed by atoms with Gasteiger partial charge in [0.05, 0.1) is 23.6 Å². The molecule has 1 aromatic heterocycles. The van der Waals surface area contributed by atoms with Gasteiger partial charge in [-0.25, -0.2) is 4.79 Å². The zero-order valence-corrected chi connectivity index (χ0v) is 18.8. The molecule has 5 rings (SSSR count). The molecule has 0 bridgehead atoms. The maximum Gasteiger partial charge on any atom is 0.326 e. The Labute approximate surface area is 190 Å². The van der Waals surface area contributed by atoms with E-state index in [1.54, 1.807) is 28.8 Å². The van der Waals surface area contributed by atoms with Crippen LogP contribution < -0.4 is 5.69 Å². The fraction of sp³-hybridized carbons (Fsp3) is 0.348. The van der Waals surface area contributed by atoms with E-state index in [0.29, 0.717) is 43.9 Å². The van der Waals surface area contributed by atoms with Gasteiger partial charge in [-0.1, -0.05) is 24.3 Å². The van der Waals surface area contributed by atoms with E-state index in [9.17, 15) is 18.0 Å². The van der Waals surface area contributed by atoms with Crippen LogP contribution >= 0.6 is 0 Å². The van der Waals surface area contributed by atoms with Crippen molar-refractivity contribution in [3.05, 3.63) is 64.6 Å². The number of hydrogen-bond donors (Lipinski definition) is 1. The number of rotatable bonds is 5. The van der Waals surface area contributed by atoms with E-state index >= 15 is 0 Å². The SMILES string of the molecule is O=C(OCCCn1c(=O)[nH]c2ccccc21)C1CCCN(C2=NS(=O)(=O)c3ccccc32)C1. The highest BCUT2D eigenvalue weighted by Crippen LogP contribution is 2.30. The summed E-state index contributed by atoms with van der Waals surface area (Å²) in [7, 11) is -3.70. The van der Waals surface area contributed by atoms with Crippen LogP contribution in [0.5, 0.6) is 0 Å². The number of para-hydroxylation sites is 2. The summed E-state index contributed by atoms with van der Waals surface area (Å²) >= 11 is 0. The van der Waals surface area contributed by atoms with E-state index in [2.05, 4.69) is 9.38 Å². The lowest BCUT2D eigenvalue weighted by atomic mass is 9.97. The van der Waals surface area contributed by atoms with Crippen LogP contribution in [-0.4, -0.2) is 54.4 Å². The molecular formula is C23H24N4O5S. The number of imidazole rings is 1. The summed E-state index contributed by atoms with van der Waals surface area (Å²) in [6.45, 7) is 1.65. The maximum absolute atomic E-state index is 12.7. The van der Waals surface area contributed by atoms with Crippen molar-refractivity contribution in [3.8, 4) is 0 Å². The number of H-pyrrole nitrogens is 1. The summed E-state index contributed by atoms with van der Waals surface area (Å²) in [4.78, 5) is 29.7. The number of esters is 1. The zero-order valence-electron chi connectivity index (χ0n) is 17.9. The van der Waals surface area contributed by atoms with Gasteiger partial charge < -0.3 is 14.6 Å². The van der Waals surface area contributed by atoms with Crippen LogP contribution in [-0.2, 0) is 26.1 Å². The molecule has 2 aliphatic heterocycles. The Morgan fingerprint density at radius 2 is 1.94 bits per heavy atom. The van der Waals surface area contributed by atoms with Crippen LogP contribution in [0.2, 0.25) is 0 Å². The van der Waals surface area contributed by atoms with Gasteiger partial charge in [0, 0.05) is 25.2 Å². The number of amidine groups is 1. The number of benzene rings is 2. The molecule has 10 heteroatoms. The molecule has 0 aliphatic carbocycles. The van der Waals surface area contributed by atoms with Crippen molar-refractivity contribution in [2.45, 2.75) is 30.7 Å². The summed E-state index contributed by atoms with van der Waals surface area (Å²) in [5, 5.41) is 0. The van der Waals surface area contributed by atoms with Gasteiger partial charge in [0.15, 0.2) is 5.84 Å². The fourth-order valence-corrected chi connectivity index (χ4v) is 5.75.